The molecule has 1 aliphatic rings. The highest BCUT2D eigenvalue weighted by Crippen LogP contribution is 2.30. The van der Waals surface area contributed by atoms with E-state index in [0.29, 0.717) is 16.9 Å². The Morgan fingerprint density at radius 1 is 1.25 bits per heavy atom. The fourth-order valence-electron chi connectivity index (χ4n) is 3.75. The number of imidazole rings is 1. The molecule has 11 heteroatoms. The van der Waals surface area contributed by atoms with Crippen molar-refractivity contribution in [1.29, 1.82) is 0 Å². The predicted molar refractivity (Wildman–Crippen MR) is 110 cm³/mol. The molecule has 0 aliphatic carbocycles. The van der Waals surface area contributed by atoms with Crippen LogP contribution >= 0.6 is 0 Å². The van der Waals surface area contributed by atoms with Gasteiger partial charge in [-0.1, -0.05) is 0 Å². The molecule has 1 saturated heterocycles. The molecule has 4 rings (SSSR count). The summed E-state index contributed by atoms with van der Waals surface area (Å²) in [5, 5.41) is 11.6. The number of hydrogen-bond donors (Lipinski definition) is 2. The van der Waals surface area contributed by atoms with Crippen LogP contribution < -0.4 is 5.32 Å². The van der Waals surface area contributed by atoms with Crippen molar-refractivity contribution in [3.63, 3.8) is 0 Å². The van der Waals surface area contributed by atoms with Gasteiger partial charge in [-0.05, 0) is 31.2 Å². The smallest absolute Gasteiger partial charge is 0.407 e. The van der Waals surface area contributed by atoms with Gasteiger partial charge in [-0.25, -0.2) is 23.5 Å². The van der Waals surface area contributed by atoms with Crippen LogP contribution in [0.2, 0.25) is 0 Å². The summed E-state index contributed by atoms with van der Waals surface area (Å²) in [5.41, 5.74) is 0.932. The van der Waals surface area contributed by atoms with E-state index in [9.17, 15) is 14.7 Å². The summed E-state index contributed by atoms with van der Waals surface area (Å²) in [6.45, 7) is 2.44. The van der Waals surface area contributed by atoms with Gasteiger partial charge in [0.1, 0.15) is 17.5 Å². The Kier molecular flexibility index (Phi) is 5.74. The van der Waals surface area contributed by atoms with Gasteiger partial charge >= 0.3 is 6.09 Å². The first-order valence-electron chi connectivity index (χ1n) is 9.93. The molecule has 1 fully saturated rings. The summed E-state index contributed by atoms with van der Waals surface area (Å²) in [5.74, 6) is -2.54. The second-order valence-corrected chi connectivity index (χ2v) is 7.46. The molecular formula is C21H21F2N5O4. The van der Waals surface area contributed by atoms with Gasteiger partial charge in [0.25, 0.3) is 5.91 Å². The van der Waals surface area contributed by atoms with E-state index in [1.165, 1.54) is 11.9 Å². The zero-order valence-electron chi connectivity index (χ0n) is 17.4. The van der Waals surface area contributed by atoms with E-state index in [4.69, 9.17) is 4.74 Å². The first-order valence-corrected chi connectivity index (χ1v) is 9.93. The molecule has 1 aliphatic heterocycles. The molecule has 0 spiro atoms. The van der Waals surface area contributed by atoms with E-state index in [2.05, 4.69) is 15.3 Å². The normalized spacial score (nSPS) is 16.4. The number of ether oxygens (including phenoxy) is 1. The van der Waals surface area contributed by atoms with Crippen LogP contribution in [0.25, 0.3) is 22.6 Å². The maximum absolute atomic E-state index is 15.0. The van der Waals surface area contributed by atoms with Crippen molar-refractivity contribution in [2.45, 2.75) is 19.6 Å². The fraction of sp³-hybridized carbons (Fsp3) is 0.333. The van der Waals surface area contributed by atoms with Crippen molar-refractivity contribution in [2.24, 2.45) is 0 Å². The maximum atomic E-state index is 15.0. The van der Waals surface area contributed by atoms with Gasteiger partial charge < -0.3 is 24.6 Å². The Morgan fingerprint density at radius 3 is 2.62 bits per heavy atom. The maximum Gasteiger partial charge on any atom is 0.407 e. The van der Waals surface area contributed by atoms with Crippen LogP contribution in [0, 0.1) is 18.6 Å². The third-order valence-corrected chi connectivity index (χ3v) is 5.30. The third kappa shape index (κ3) is 3.98. The average molecular weight is 445 g/mol. The number of halogens is 2. The summed E-state index contributed by atoms with van der Waals surface area (Å²) in [7, 11) is 1.37. The number of carbonyl (C=O) groups excluding carboxylic acids is 1. The molecular weight excluding hydrogens is 424 g/mol. The molecule has 0 bridgehead atoms. The highest BCUT2D eigenvalue weighted by Gasteiger charge is 2.28. The van der Waals surface area contributed by atoms with Crippen molar-refractivity contribution in [2.75, 3.05) is 26.7 Å². The van der Waals surface area contributed by atoms with Gasteiger partial charge in [-0.2, -0.15) is 0 Å². The Labute approximate surface area is 181 Å². The molecule has 0 radical (unpaired) electrons. The molecule has 0 saturated carbocycles. The Hall–Kier alpha value is -3.60. The Bertz CT molecular complexity index is 1190. The van der Waals surface area contributed by atoms with Crippen molar-refractivity contribution in [3.8, 4) is 11.4 Å². The van der Waals surface area contributed by atoms with E-state index in [1.807, 2.05) is 0 Å². The molecule has 2 amide bonds. The molecule has 1 atom stereocenters. The number of nitrogens with zero attached hydrogens (tertiary/aromatic N) is 4. The van der Waals surface area contributed by atoms with Crippen LogP contribution in [0.3, 0.4) is 0 Å². The average Bonchev–Trinajstić information content (AvgIpc) is 3.09. The van der Waals surface area contributed by atoms with Gasteiger partial charge in [-0.15, -0.1) is 0 Å². The third-order valence-electron chi connectivity index (χ3n) is 5.30. The van der Waals surface area contributed by atoms with Gasteiger partial charge in [0.05, 0.1) is 36.9 Å². The minimum absolute atomic E-state index is 0.0207. The predicted octanol–water partition coefficient (Wildman–Crippen LogP) is 2.42. The van der Waals surface area contributed by atoms with Crippen LogP contribution in [-0.4, -0.2) is 69.4 Å². The van der Waals surface area contributed by atoms with Crippen molar-refractivity contribution < 1.29 is 28.2 Å². The largest absolute Gasteiger partial charge is 0.465 e. The lowest BCUT2D eigenvalue weighted by Gasteiger charge is -2.31. The lowest BCUT2D eigenvalue weighted by atomic mass is 10.1. The van der Waals surface area contributed by atoms with E-state index in [0.717, 1.165) is 12.1 Å². The van der Waals surface area contributed by atoms with Crippen molar-refractivity contribution in [3.05, 3.63) is 47.2 Å². The molecule has 0 unspecified atom stereocenters. The van der Waals surface area contributed by atoms with Gasteiger partial charge in [0, 0.05) is 24.8 Å². The van der Waals surface area contributed by atoms with Gasteiger partial charge in [-0.3, -0.25) is 4.79 Å². The quantitative estimate of drug-likeness (QED) is 0.638. The number of fused-ring (bicyclic) bond motifs is 1. The number of pyridine rings is 1. The number of morpholine rings is 1. The van der Waals surface area contributed by atoms with Crippen LogP contribution in [0.15, 0.2) is 24.3 Å². The molecule has 3 heterocycles. The number of nitrogens with one attached hydrogen (secondary N) is 1. The van der Waals surface area contributed by atoms with Crippen LogP contribution in [0.4, 0.5) is 13.6 Å². The number of hydrogen-bond acceptors (Lipinski definition) is 5. The number of benzene rings is 1. The van der Waals surface area contributed by atoms with Crippen LogP contribution in [0.1, 0.15) is 16.1 Å². The molecule has 9 nitrogen and oxygen atoms in total. The number of aryl methyl sites for hydroxylation is 1. The zero-order valence-corrected chi connectivity index (χ0v) is 17.4. The second kappa shape index (κ2) is 8.50. The molecule has 32 heavy (non-hydrogen) atoms. The number of amides is 2. The summed E-state index contributed by atoms with van der Waals surface area (Å²) in [6, 6.07) is 5.38. The SMILES string of the molecule is CNC(=O)c1cc(F)c(-c2nc3nc(C)ccc3n2C[C@H]2CN(C(=O)O)CCO2)c(F)c1. The summed E-state index contributed by atoms with van der Waals surface area (Å²) in [4.78, 5) is 33.1. The first kappa shape index (κ1) is 21.6. The highest BCUT2D eigenvalue weighted by molar-refractivity contribution is 5.94. The molecule has 2 aromatic heterocycles. The highest BCUT2D eigenvalue weighted by atomic mass is 19.1. The number of rotatable bonds is 4. The lowest BCUT2D eigenvalue weighted by Crippen LogP contribution is -2.46. The number of carboxylic acid groups (broad SMARTS) is 1. The van der Waals surface area contributed by atoms with E-state index in [-0.39, 0.29) is 37.6 Å². The minimum Gasteiger partial charge on any atom is -0.465 e. The van der Waals surface area contributed by atoms with E-state index in [1.54, 1.807) is 23.6 Å². The topological polar surface area (TPSA) is 110 Å². The van der Waals surface area contributed by atoms with E-state index < -0.39 is 35.3 Å². The number of aromatic nitrogens is 3. The summed E-state index contributed by atoms with van der Waals surface area (Å²) in [6.07, 6.45) is -1.61. The summed E-state index contributed by atoms with van der Waals surface area (Å²) >= 11 is 0. The number of carbonyl (C=O) groups is 2. The van der Waals surface area contributed by atoms with Gasteiger partial charge in [0.2, 0.25) is 0 Å². The Balaban J connectivity index is 1.82. The minimum atomic E-state index is -1.06. The van der Waals surface area contributed by atoms with E-state index >= 15 is 8.78 Å². The monoisotopic (exact) mass is 445 g/mol. The first-order chi connectivity index (χ1) is 15.3. The fourth-order valence-corrected chi connectivity index (χ4v) is 3.75. The van der Waals surface area contributed by atoms with Gasteiger partial charge in [0.15, 0.2) is 5.65 Å². The molecule has 2 N–H and O–H groups in total. The lowest BCUT2D eigenvalue weighted by molar-refractivity contribution is -0.0286. The standard InChI is InChI=1S/C21H21F2N5O4/c1-11-3-4-16-18(25-11)26-19(17-14(22)7-12(8-15(17)23)20(29)24-2)28(16)10-13-9-27(21(30)31)5-6-32-13/h3-4,7-8,13H,5-6,9-10H2,1-2H3,(H,24,29)(H,30,31)/t13-/m1/s1. The molecule has 1 aromatic carbocycles. The molecule has 3 aromatic rings. The zero-order chi connectivity index (χ0) is 23.0. The van der Waals surface area contributed by atoms with Crippen molar-refractivity contribution >= 4 is 23.2 Å². The second-order valence-electron chi connectivity index (χ2n) is 7.46. The van der Waals surface area contributed by atoms with Crippen molar-refractivity contribution in [1.82, 2.24) is 24.8 Å². The van der Waals surface area contributed by atoms with Crippen LogP contribution in [-0.2, 0) is 11.3 Å². The summed E-state index contributed by atoms with van der Waals surface area (Å²) < 4.78 is 37.3. The van der Waals surface area contributed by atoms with Crippen LogP contribution in [0.5, 0.6) is 0 Å². The Morgan fingerprint density at radius 2 is 1.97 bits per heavy atom. The molecule has 168 valence electrons.